The topological polar surface area (TPSA) is 105 Å². The fourth-order valence-electron chi connectivity index (χ4n) is 2.23. The van der Waals surface area contributed by atoms with Gasteiger partial charge in [-0.25, -0.2) is 8.42 Å². The first kappa shape index (κ1) is 15.8. The van der Waals surface area contributed by atoms with Crippen molar-refractivity contribution >= 4 is 15.7 Å². The van der Waals surface area contributed by atoms with Gasteiger partial charge in [-0.2, -0.15) is 0 Å². The van der Waals surface area contributed by atoms with E-state index in [2.05, 4.69) is 10.5 Å². The molecule has 1 aliphatic rings. The lowest BCUT2D eigenvalue weighted by molar-refractivity contribution is 0.304. The van der Waals surface area contributed by atoms with E-state index in [1.807, 2.05) is 0 Å². The number of nitrogens with one attached hydrogen (secondary N) is 1. The molecule has 4 N–H and O–H groups in total. The summed E-state index contributed by atoms with van der Waals surface area (Å²) < 4.78 is 24.5. The van der Waals surface area contributed by atoms with Crippen LogP contribution >= 0.6 is 0 Å². The van der Waals surface area contributed by atoms with Crippen LogP contribution in [0.15, 0.2) is 34.3 Å². The largest absolute Gasteiger partial charge is 0.409 e. The lowest BCUT2D eigenvalue weighted by atomic mass is 9.85. The van der Waals surface area contributed by atoms with Crippen LogP contribution in [-0.4, -0.2) is 38.3 Å². The van der Waals surface area contributed by atoms with Gasteiger partial charge in [-0.05, 0) is 37.4 Å². The number of nitrogens with two attached hydrogens (primary N) is 1. The van der Waals surface area contributed by atoms with Crippen LogP contribution in [0.5, 0.6) is 0 Å². The Morgan fingerprint density at radius 2 is 2.19 bits per heavy atom. The van der Waals surface area contributed by atoms with Gasteiger partial charge in [0.25, 0.3) is 0 Å². The van der Waals surface area contributed by atoms with E-state index >= 15 is 0 Å². The van der Waals surface area contributed by atoms with Crippen molar-refractivity contribution in [3.8, 4) is 0 Å². The Balaban J connectivity index is 1.94. The van der Waals surface area contributed by atoms with E-state index in [9.17, 15) is 8.42 Å². The molecule has 116 valence electrons. The van der Waals surface area contributed by atoms with Gasteiger partial charge in [0, 0.05) is 12.1 Å². The van der Waals surface area contributed by atoms with Crippen LogP contribution in [0, 0.1) is 5.92 Å². The van der Waals surface area contributed by atoms with Crippen LogP contribution in [0.2, 0.25) is 0 Å². The van der Waals surface area contributed by atoms with E-state index in [4.69, 9.17) is 10.9 Å². The van der Waals surface area contributed by atoms with Crippen LogP contribution in [0.25, 0.3) is 0 Å². The second kappa shape index (κ2) is 6.91. The van der Waals surface area contributed by atoms with Gasteiger partial charge in [0.2, 0.25) is 0 Å². The standard InChI is InChI=1S/C14H21N3O3S/c15-14(17-18)12-5-2-6-13(9-12)21(19,20)8-7-16-10-11-3-1-4-11/h2,5-6,9,11,16,18H,1,3-4,7-8,10H2,(H2,15,17). The summed E-state index contributed by atoms with van der Waals surface area (Å²) in [5, 5.41) is 14.7. The lowest BCUT2D eigenvalue weighted by Crippen LogP contribution is -2.31. The van der Waals surface area contributed by atoms with Crippen molar-refractivity contribution in [2.24, 2.45) is 16.8 Å². The highest BCUT2D eigenvalue weighted by Gasteiger charge is 2.18. The van der Waals surface area contributed by atoms with Crippen molar-refractivity contribution in [2.45, 2.75) is 24.2 Å². The average Bonchev–Trinajstić information content (AvgIpc) is 2.44. The zero-order valence-electron chi connectivity index (χ0n) is 11.8. The van der Waals surface area contributed by atoms with E-state index in [0.717, 1.165) is 6.54 Å². The first-order valence-corrected chi connectivity index (χ1v) is 8.69. The van der Waals surface area contributed by atoms with E-state index in [1.165, 1.54) is 31.4 Å². The number of nitrogens with zero attached hydrogens (tertiary/aromatic N) is 1. The van der Waals surface area contributed by atoms with Gasteiger partial charge in [-0.3, -0.25) is 0 Å². The fraction of sp³-hybridized carbons (Fsp3) is 0.500. The molecule has 1 aromatic carbocycles. The third-order valence-corrected chi connectivity index (χ3v) is 5.52. The van der Waals surface area contributed by atoms with Crippen molar-refractivity contribution in [3.05, 3.63) is 29.8 Å². The quantitative estimate of drug-likeness (QED) is 0.228. The van der Waals surface area contributed by atoms with Crippen LogP contribution in [0.1, 0.15) is 24.8 Å². The average molecular weight is 311 g/mol. The van der Waals surface area contributed by atoms with Gasteiger partial charge in [0.15, 0.2) is 15.7 Å². The zero-order valence-corrected chi connectivity index (χ0v) is 12.6. The van der Waals surface area contributed by atoms with Crippen molar-refractivity contribution < 1.29 is 13.6 Å². The molecule has 0 amide bonds. The minimum Gasteiger partial charge on any atom is -0.409 e. The zero-order chi connectivity index (χ0) is 15.3. The second-order valence-corrected chi connectivity index (χ2v) is 7.44. The van der Waals surface area contributed by atoms with E-state index in [0.29, 0.717) is 18.0 Å². The molecule has 21 heavy (non-hydrogen) atoms. The Morgan fingerprint density at radius 1 is 1.43 bits per heavy atom. The third kappa shape index (κ3) is 4.18. The Kier molecular flexibility index (Phi) is 5.19. The molecule has 7 heteroatoms. The number of rotatable bonds is 7. The van der Waals surface area contributed by atoms with Gasteiger partial charge in [-0.15, -0.1) is 0 Å². The van der Waals surface area contributed by atoms with Gasteiger partial charge in [-0.1, -0.05) is 23.7 Å². The number of hydrogen-bond acceptors (Lipinski definition) is 5. The van der Waals surface area contributed by atoms with Gasteiger partial charge >= 0.3 is 0 Å². The van der Waals surface area contributed by atoms with Gasteiger partial charge < -0.3 is 16.3 Å². The minimum absolute atomic E-state index is 0.0410. The first-order chi connectivity index (χ1) is 10.0. The van der Waals surface area contributed by atoms with E-state index in [1.54, 1.807) is 12.1 Å². The van der Waals surface area contributed by atoms with Crippen molar-refractivity contribution in [1.29, 1.82) is 0 Å². The Labute approximate surface area is 125 Å². The fourth-order valence-corrected chi connectivity index (χ4v) is 3.48. The number of sulfone groups is 1. The molecular weight excluding hydrogens is 290 g/mol. The Morgan fingerprint density at radius 3 is 2.81 bits per heavy atom. The molecule has 2 rings (SSSR count). The molecule has 1 aromatic rings. The van der Waals surface area contributed by atoms with Gasteiger partial charge in [0.05, 0.1) is 10.6 Å². The molecule has 1 aliphatic carbocycles. The molecule has 0 atom stereocenters. The molecule has 1 fully saturated rings. The summed E-state index contributed by atoms with van der Waals surface area (Å²) in [5.41, 5.74) is 5.87. The maximum absolute atomic E-state index is 12.2. The van der Waals surface area contributed by atoms with Crippen LogP contribution in [-0.2, 0) is 9.84 Å². The normalized spacial score (nSPS) is 16.7. The Bertz CT molecular complexity index is 610. The second-order valence-electron chi connectivity index (χ2n) is 5.33. The molecule has 0 unspecified atom stereocenters. The molecule has 0 bridgehead atoms. The van der Waals surface area contributed by atoms with Crippen molar-refractivity contribution in [2.75, 3.05) is 18.8 Å². The highest BCUT2D eigenvalue weighted by Crippen LogP contribution is 2.25. The molecule has 0 heterocycles. The highest BCUT2D eigenvalue weighted by molar-refractivity contribution is 7.91. The summed E-state index contributed by atoms with van der Waals surface area (Å²) in [7, 11) is -3.37. The summed E-state index contributed by atoms with van der Waals surface area (Å²) in [5.74, 6) is 0.644. The molecule has 6 nitrogen and oxygen atoms in total. The number of amidine groups is 1. The smallest absolute Gasteiger partial charge is 0.179 e. The summed E-state index contributed by atoms with van der Waals surface area (Å²) in [4.78, 5) is 0.192. The maximum atomic E-state index is 12.2. The lowest BCUT2D eigenvalue weighted by Gasteiger charge is -2.25. The summed E-state index contributed by atoms with van der Waals surface area (Å²) in [6.45, 7) is 1.33. The van der Waals surface area contributed by atoms with E-state index < -0.39 is 9.84 Å². The molecule has 0 radical (unpaired) electrons. The van der Waals surface area contributed by atoms with E-state index in [-0.39, 0.29) is 16.5 Å². The molecule has 0 aromatic heterocycles. The van der Waals surface area contributed by atoms with Crippen LogP contribution in [0.3, 0.4) is 0 Å². The monoisotopic (exact) mass is 311 g/mol. The molecule has 0 spiro atoms. The Hall–Kier alpha value is -1.60. The van der Waals surface area contributed by atoms with Crippen LogP contribution in [0.4, 0.5) is 0 Å². The SMILES string of the molecule is N/C(=N/O)c1cccc(S(=O)(=O)CCNCC2CCC2)c1. The van der Waals surface area contributed by atoms with Crippen molar-refractivity contribution in [1.82, 2.24) is 5.32 Å². The summed E-state index contributed by atoms with van der Waals surface area (Å²) >= 11 is 0. The molecule has 0 aliphatic heterocycles. The van der Waals surface area contributed by atoms with Crippen molar-refractivity contribution in [3.63, 3.8) is 0 Å². The maximum Gasteiger partial charge on any atom is 0.179 e. The predicted molar refractivity (Wildman–Crippen MR) is 81.2 cm³/mol. The number of hydrogen-bond donors (Lipinski definition) is 3. The summed E-state index contributed by atoms with van der Waals surface area (Å²) in [6.07, 6.45) is 3.76. The number of oxime groups is 1. The summed E-state index contributed by atoms with van der Waals surface area (Å²) in [6, 6.07) is 6.14. The predicted octanol–water partition coefficient (Wildman–Crippen LogP) is 0.944. The third-order valence-electron chi connectivity index (χ3n) is 3.80. The van der Waals surface area contributed by atoms with Gasteiger partial charge in [0.1, 0.15) is 0 Å². The highest BCUT2D eigenvalue weighted by atomic mass is 32.2. The van der Waals surface area contributed by atoms with Crippen LogP contribution < -0.4 is 11.1 Å². The number of benzene rings is 1. The molecule has 0 saturated heterocycles. The first-order valence-electron chi connectivity index (χ1n) is 7.04. The molecular formula is C14H21N3O3S. The minimum atomic E-state index is -3.37. The molecule has 1 saturated carbocycles.